The maximum atomic E-state index is 12.0. The lowest BCUT2D eigenvalue weighted by Crippen LogP contribution is -2.19. The molecule has 0 N–H and O–H groups in total. The molecule has 0 aliphatic carbocycles. The van der Waals surface area contributed by atoms with Gasteiger partial charge in [-0.1, -0.05) is 19.9 Å². The van der Waals surface area contributed by atoms with Crippen LogP contribution in [0.25, 0.3) is 0 Å². The molecule has 1 aromatic rings. The molecule has 0 spiro atoms. The molecule has 0 bridgehead atoms. The molecule has 1 aliphatic heterocycles. The van der Waals surface area contributed by atoms with Crippen molar-refractivity contribution < 1.29 is 14.3 Å². The first-order valence-electron chi connectivity index (χ1n) is 7.37. The Bertz CT molecular complexity index is 413. The molecule has 2 heterocycles. The summed E-state index contributed by atoms with van der Waals surface area (Å²) in [5.74, 6) is 0.255. The van der Waals surface area contributed by atoms with Gasteiger partial charge in [0, 0.05) is 12.8 Å². The Hall–Kier alpha value is -1.42. The topological polar surface area (TPSA) is 48.4 Å². The van der Waals surface area contributed by atoms with Crippen molar-refractivity contribution in [1.82, 2.24) is 4.98 Å². The van der Waals surface area contributed by atoms with Crippen LogP contribution in [0.3, 0.4) is 0 Å². The van der Waals surface area contributed by atoms with Gasteiger partial charge in [-0.05, 0) is 37.3 Å². The van der Waals surface area contributed by atoms with Gasteiger partial charge in [-0.15, -0.1) is 0 Å². The van der Waals surface area contributed by atoms with Crippen molar-refractivity contribution in [2.45, 2.75) is 51.7 Å². The van der Waals surface area contributed by atoms with Crippen molar-refractivity contribution >= 4 is 5.97 Å². The quantitative estimate of drug-likeness (QED) is 0.749. The van der Waals surface area contributed by atoms with E-state index >= 15 is 0 Å². The van der Waals surface area contributed by atoms with Crippen molar-refractivity contribution in [3.8, 4) is 0 Å². The van der Waals surface area contributed by atoms with Crippen molar-refractivity contribution in [2.75, 3.05) is 6.61 Å². The molecule has 2 atom stereocenters. The Morgan fingerprint density at radius 1 is 1.50 bits per heavy atom. The van der Waals surface area contributed by atoms with Gasteiger partial charge in [-0.25, -0.2) is 0 Å². The number of hydrogen-bond donors (Lipinski definition) is 0. The van der Waals surface area contributed by atoms with Crippen LogP contribution in [-0.4, -0.2) is 23.7 Å². The summed E-state index contributed by atoms with van der Waals surface area (Å²) < 4.78 is 11.1. The number of esters is 1. The molecule has 4 nitrogen and oxygen atoms in total. The van der Waals surface area contributed by atoms with E-state index in [9.17, 15) is 4.79 Å². The van der Waals surface area contributed by atoms with Gasteiger partial charge in [-0.3, -0.25) is 9.78 Å². The average Bonchev–Trinajstić information content (AvgIpc) is 2.91. The fourth-order valence-electron chi connectivity index (χ4n) is 2.42. The van der Waals surface area contributed by atoms with E-state index in [1.165, 1.54) is 0 Å². The van der Waals surface area contributed by atoms with Gasteiger partial charge in [0.25, 0.3) is 0 Å². The molecular weight excluding hydrogens is 254 g/mol. The first kappa shape index (κ1) is 15.0. The number of carbonyl (C=O) groups excluding carboxylic acids is 1. The summed E-state index contributed by atoms with van der Waals surface area (Å²) in [7, 11) is 0. The third-order valence-corrected chi connectivity index (χ3v) is 3.40. The molecule has 110 valence electrons. The maximum Gasteiger partial charge on any atom is 0.309 e. The van der Waals surface area contributed by atoms with Crippen LogP contribution in [0.4, 0.5) is 0 Å². The number of nitrogens with zero attached hydrogens (tertiary/aromatic N) is 1. The number of hydrogen-bond acceptors (Lipinski definition) is 4. The monoisotopic (exact) mass is 277 g/mol. The predicted molar refractivity (Wildman–Crippen MR) is 76.1 cm³/mol. The number of pyridine rings is 1. The van der Waals surface area contributed by atoms with Crippen LogP contribution in [0.15, 0.2) is 24.4 Å². The largest absolute Gasteiger partial charge is 0.456 e. The van der Waals surface area contributed by atoms with Crippen molar-refractivity contribution in [3.63, 3.8) is 0 Å². The van der Waals surface area contributed by atoms with E-state index in [1.54, 1.807) is 6.20 Å². The van der Waals surface area contributed by atoms with Gasteiger partial charge in [0.2, 0.25) is 0 Å². The number of aromatic nitrogens is 1. The molecule has 0 aromatic carbocycles. The Morgan fingerprint density at radius 3 is 2.95 bits per heavy atom. The van der Waals surface area contributed by atoms with Crippen LogP contribution in [0.1, 0.15) is 51.3 Å². The average molecular weight is 277 g/mol. The van der Waals surface area contributed by atoms with E-state index in [4.69, 9.17) is 9.47 Å². The molecule has 1 aromatic heterocycles. The summed E-state index contributed by atoms with van der Waals surface area (Å²) in [6.45, 7) is 4.99. The minimum absolute atomic E-state index is 0.0333. The van der Waals surface area contributed by atoms with E-state index < -0.39 is 0 Å². The lowest BCUT2D eigenvalue weighted by molar-refractivity contribution is -0.153. The highest BCUT2D eigenvalue weighted by Crippen LogP contribution is 2.25. The highest BCUT2D eigenvalue weighted by molar-refractivity contribution is 5.70. The van der Waals surface area contributed by atoms with Crippen LogP contribution in [0.2, 0.25) is 0 Å². The minimum atomic E-state index is -0.259. The smallest absolute Gasteiger partial charge is 0.309 e. The molecule has 0 radical (unpaired) electrons. The number of rotatable bonds is 6. The van der Waals surface area contributed by atoms with Gasteiger partial charge in [0.05, 0.1) is 18.2 Å². The van der Waals surface area contributed by atoms with Crippen LogP contribution in [0.5, 0.6) is 0 Å². The summed E-state index contributed by atoms with van der Waals surface area (Å²) >= 11 is 0. The SMILES string of the molecule is CC(C)CC(OC(=O)CC1CCCO1)c1ccccn1. The standard InChI is InChI=1S/C16H23NO3/c1-12(2)10-15(14-7-3-4-8-17-14)20-16(18)11-13-6-5-9-19-13/h3-4,7-8,12-13,15H,5-6,9-11H2,1-2H3. The maximum absolute atomic E-state index is 12.0. The number of ether oxygens (including phenoxy) is 2. The zero-order valence-electron chi connectivity index (χ0n) is 12.2. The lowest BCUT2D eigenvalue weighted by Gasteiger charge is -2.20. The lowest BCUT2D eigenvalue weighted by atomic mass is 10.0. The molecule has 0 saturated carbocycles. The van der Waals surface area contributed by atoms with E-state index in [-0.39, 0.29) is 18.2 Å². The third kappa shape index (κ3) is 4.60. The molecule has 1 aliphatic rings. The second kappa shape index (κ2) is 7.39. The summed E-state index contributed by atoms with van der Waals surface area (Å²) in [5, 5.41) is 0. The zero-order chi connectivity index (χ0) is 14.4. The molecule has 2 unspecified atom stereocenters. The van der Waals surface area contributed by atoms with Gasteiger partial charge in [-0.2, -0.15) is 0 Å². The zero-order valence-corrected chi connectivity index (χ0v) is 12.2. The van der Waals surface area contributed by atoms with Crippen molar-refractivity contribution in [2.24, 2.45) is 5.92 Å². The Balaban J connectivity index is 1.94. The molecule has 1 saturated heterocycles. The molecule has 1 fully saturated rings. The van der Waals surface area contributed by atoms with Gasteiger partial charge in [0.15, 0.2) is 0 Å². The second-order valence-electron chi connectivity index (χ2n) is 5.70. The number of carbonyl (C=O) groups is 1. The summed E-state index contributed by atoms with van der Waals surface area (Å²) in [6, 6.07) is 5.69. The summed E-state index contributed by atoms with van der Waals surface area (Å²) in [4.78, 5) is 16.3. The first-order chi connectivity index (χ1) is 9.65. The third-order valence-electron chi connectivity index (χ3n) is 3.40. The molecule has 0 amide bonds. The molecular formula is C16H23NO3. The fourth-order valence-corrected chi connectivity index (χ4v) is 2.42. The fraction of sp³-hybridized carbons (Fsp3) is 0.625. The Labute approximate surface area is 120 Å². The van der Waals surface area contributed by atoms with Crippen LogP contribution < -0.4 is 0 Å². The van der Waals surface area contributed by atoms with Crippen molar-refractivity contribution in [1.29, 1.82) is 0 Å². The van der Waals surface area contributed by atoms with Crippen LogP contribution in [0, 0.1) is 5.92 Å². The normalized spacial score (nSPS) is 20.1. The Kier molecular flexibility index (Phi) is 5.53. The summed E-state index contributed by atoms with van der Waals surface area (Å²) in [5.41, 5.74) is 0.821. The van der Waals surface area contributed by atoms with Crippen molar-refractivity contribution in [3.05, 3.63) is 30.1 Å². The highest BCUT2D eigenvalue weighted by Gasteiger charge is 2.24. The van der Waals surface area contributed by atoms with Crippen LogP contribution >= 0.6 is 0 Å². The summed E-state index contributed by atoms with van der Waals surface area (Å²) in [6.07, 6.45) is 4.63. The molecule has 4 heteroatoms. The Morgan fingerprint density at radius 2 is 2.35 bits per heavy atom. The molecule has 20 heavy (non-hydrogen) atoms. The van der Waals surface area contributed by atoms with Gasteiger partial charge in [0.1, 0.15) is 6.10 Å². The second-order valence-corrected chi connectivity index (χ2v) is 5.70. The van der Waals surface area contributed by atoms with E-state index in [0.29, 0.717) is 12.3 Å². The molecule has 2 rings (SSSR count). The van der Waals surface area contributed by atoms with E-state index in [1.807, 2.05) is 18.2 Å². The van der Waals surface area contributed by atoms with E-state index in [2.05, 4.69) is 18.8 Å². The van der Waals surface area contributed by atoms with Gasteiger partial charge >= 0.3 is 5.97 Å². The predicted octanol–water partition coefficient (Wildman–Crippen LogP) is 3.28. The van der Waals surface area contributed by atoms with E-state index in [0.717, 1.165) is 31.6 Å². The minimum Gasteiger partial charge on any atom is -0.456 e. The first-order valence-corrected chi connectivity index (χ1v) is 7.37. The van der Waals surface area contributed by atoms with Gasteiger partial charge < -0.3 is 9.47 Å². The van der Waals surface area contributed by atoms with Crippen LogP contribution in [-0.2, 0) is 14.3 Å². The highest BCUT2D eigenvalue weighted by atomic mass is 16.5.